The fraction of sp³-hybridized carbons (Fsp3) is 0.182. The Morgan fingerprint density at radius 1 is 1.06 bits per heavy atom. The molecule has 174 valence electrons. The van der Waals surface area contributed by atoms with Crippen molar-refractivity contribution in [3.8, 4) is 0 Å². The van der Waals surface area contributed by atoms with E-state index in [9.17, 15) is 18.0 Å². The fourth-order valence-corrected chi connectivity index (χ4v) is 3.17. The summed E-state index contributed by atoms with van der Waals surface area (Å²) in [5.74, 6) is 0.0335. The maximum absolute atomic E-state index is 13.5. The molecule has 2 N–H and O–H groups in total. The molecule has 9 nitrogen and oxygen atoms in total. The summed E-state index contributed by atoms with van der Waals surface area (Å²) in [6.07, 6.45) is 0.659. The average molecular weight is 468 g/mol. The van der Waals surface area contributed by atoms with Crippen LogP contribution in [0.1, 0.15) is 27.3 Å². The van der Waals surface area contributed by atoms with Crippen molar-refractivity contribution in [1.82, 2.24) is 29.9 Å². The van der Waals surface area contributed by atoms with Crippen LogP contribution >= 0.6 is 0 Å². The molecule has 1 amide bonds. The number of halogens is 3. The Labute approximate surface area is 192 Å². The van der Waals surface area contributed by atoms with Crippen molar-refractivity contribution in [3.05, 3.63) is 77.6 Å². The van der Waals surface area contributed by atoms with Crippen molar-refractivity contribution in [2.24, 2.45) is 0 Å². The van der Waals surface area contributed by atoms with Crippen molar-refractivity contribution in [2.45, 2.75) is 19.6 Å². The molecule has 0 spiro atoms. The number of alkyl halides is 3. The number of hydrogen-bond donors (Lipinski definition) is 1. The first kappa shape index (κ1) is 22.8. The maximum atomic E-state index is 13.5. The first-order valence-electron chi connectivity index (χ1n) is 10.0. The van der Waals surface area contributed by atoms with Gasteiger partial charge in [-0.3, -0.25) is 14.8 Å². The minimum atomic E-state index is -4.51. The summed E-state index contributed by atoms with van der Waals surface area (Å²) >= 11 is 0. The van der Waals surface area contributed by atoms with Gasteiger partial charge in [0.1, 0.15) is 11.5 Å². The van der Waals surface area contributed by atoms with Crippen LogP contribution in [0.2, 0.25) is 0 Å². The lowest BCUT2D eigenvalue weighted by molar-refractivity contribution is -0.137. The molecule has 0 unspecified atom stereocenters. The van der Waals surface area contributed by atoms with E-state index in [-0.39, 0.29) is 23.9 Å². The van der Waals surface area contributed by atoms with Crippen LogP contribution in [-0.2, 0) is 12.7 Å². The minimum absolute atomic E-state index is 0.0909. The van der Waals surface area contributed by atoms with Crippen LogP contribution < -0.4 is 10.7 Å². The number of nitrogens with zero attached hydrogens (tertiary/aromatic N) is 7. The summed E-state index contributed by atoms with van der Waals surface area (Å²) in [7, 11) is 1.56. The molecule has 0 saturated carbocycles. The van der Waals surface area contributed by atoms with E-state index < -0.39 is 17.6 Å². The van der Waals surface area contributed by atoms with Crippen LogP contribution in [0.3, 0.4) is 0 Å². The average Bonchev–Trinajstić information content (AvgIpc) is 2.82. The highest BCUT2D eigenvalue weighted by Crippen LogP contribution is 2.28. The number of carbonyl (C=O) groups excluding carboxylic acids is 1. The molecule has 34 heavy (non-hydrogen) atoms. The lowest BCUT2D eigenvalue weighted by atomic mass is 10.1. The molecule has 4 rings (SSSR count). The minimum Gasteiger partial charge on any atom is -0.383 e. The molecule has 0 aliphatic rings. The number of carbonyl (C=O) groups is 1. The molecule has 0 aromatic carbocycles. The van der Waals surface area contributed by atoms with Crippen molar-refractivity contribution < 1.29 is 18.0 Å². The highest BCUT2D eigenvalue weighted by Gasteiger charge is 2.31. The molecule has 4 aromatic heterocycles. The molecule has 0 aliphatic heterocycles. The number of hydrazine groups is 1. The topological polar surface area (TPSA) is 114 Å². The Hall–Kier alpha value is -4.35. The fourth-order valence-electron chi connectivity index (χ4n) is 3.17. The standard InChI is InChI=1S/C22H19F3N8O/c1-13-8-14-9-17(30-11-18(14)31-19(13)26)20(34)33(32(2)21-27-6-3-7-28-21)12-16-5-4-15(10-29-16)22(23,24)25/h3-11H,12H2,1-2H3,(H2,26,31). The van der Waals surface area contributed by atoms with Crippen molar-refractivity contribution in [3.63, 3.8) is 0 Å². The molecule has 4 heterocycles. The monoisotopic (exact) mass is 468 g/mol. The molecule has 12 heteroatoms. The SMILES string of the molecule is Cc1cc2cc(C(=O)N(Cc3ccc(C(F)(F)F)cn3)N(C)c3ncccn3)ncc2nc1N. The van der Waals surface area contributed by atoms with Gasteiger partial charge in [0.15, 0.2) is 0 Å². The molecular weight excluding hydrogens is 449 g/mol. The number of nitrogens with two attached hydrogens (primary N) is 1. The van der Waals surface area contributed by atoms with Gasteiger partial charge in [0.05, 0.1) is 29.5 Å². The Kier molecular flexibility index (Phi) is 5.97. The second-order valence-electron chi connectivity index (χ2n) is 7.42. The normalized spacial score (nSPS) is 11.4. The number of pyridine rings is 3. The van der Waals surface area contributed by atoms with Crippen LogP contribution in [0, 0.1) is 6.92 Å². The van der Waals surface area contributed by atoms with E-state index in [1.807, 2.05) is 0 Å². The predicted molar refractivity (Wildman–Crippen MR) is 118 cm³/mol. The largest absolute Gasteiger partial charge is 0.417 e. The van der Waals surface area contributed by atoms with E-state index >= 15 is 0 Å². The summed E-state index contributed by atoms with van der Waals surface area (Å²) in [5.41, 5.74) is 6.56. The van der Waals surface area contributed by atoms with Gasteiger partial charge >= 0.3 is 6.18 Å². The quantitative estimate of drug-likeness (QED) is 0.443. The van der Waals surface area contributed by atoms with Crippen LogP contribution in [0.5, 0.6) is 0 Å². The summed E-state index contributed by atoms with van der Waals surface area (Å²) in [6.45, 7) is 1.65. The molecule has 0 aliphatic carbocycles. The van der Waals surface area contributed by atoms with Crippen LogP contribution in [0.4, 0.5) is 24.9 Å². The zero-order valence-corrected chi connectivity index (χ0v) is 18.2. The van der Waals surface area contributed by atoms with E-state index in [1.165, 1.54) is 34.7 Å². The number of rotatable bonds is 5. The molecule has 0 saturated heterocycles. The summed E-state index contributed by atoms with van der Waals surface area (Å²) < 4.78 is 38.7. The second kappa shape index (κ2) is 8.89. The molecule has 0 fully saturated rings. The lowest BCUT2D eigenvalue weighted by Gasteiger charge is -2.31. The zero-order chi connectivity index (χ0) is 24.5. The molecule has 4 aromatic rings. The van der Waals surface area contributed by atoms with Gasteiger partial charge in [0.25, 0.3) is 5.91 Å². The lowest BCUT2D eigenvalue weighted by Crippen LogP contribution is -2.45. The predicted octanol–water partition coefficient (Wildman–Crippen LogP) is 3.42. The van der Waals surface area contributed by atoms with Crippen molar-refractivity contribution >= 4 is 28.6 Å². The third kappa shape index (κ3) is 4.70. The molecule has 0 radical (unpaired) electrons. The van der Waals surface area contributed by atoms with Crippen LogP contribution in [0.25, 0.3) is 10.9 Å². The second-order valence-corrected chi connectivity index (χ2v) is 7.42. The van der Waals surface area contributed by atoms with Crippen molar-refractivity contribution in [2.75, 3.05) is 17.8 Å². The van der Waals surface area contributed by atoms with Gasteiger partial charge in [-0.2, -0.15) is 13.2 Å². The Balaban J connectivity index is 1.70. The molecule has 0 bridgehead atoms. The van der Waals surface area contributed by atoms with Crippen LogP contribution in [0.15, 0.2) is 55.1 Å². The number of aryl methyl sites for hydroxylation is 1. The third-order valence-electron chi connectivity index (χ3n) is 5.05. The molecular formula is C22H19F3N8O. The van der Waals surface area contributed by atoms with Gasteiger partial charge in [0, 0.05) is 31.0 Å². The van der Waals surface area contributed by atoms with E-state index in [0.717, 1.165) is 17.8 Å². The third-order valence-corrected chi connectivity index (χ3v) is 5.05. The number of aromatic nitrogens is 5. The molecule has 0 atom stereocenters. The van der Waals surface area contributed by atoms with Gasteiger partial charge in [0.2, 0.25) is 5.95 Å². The smallest absolute Gasteiger partial charge is 0.383 e. The Bertz CT molecular complexity index is 1330. The van der Waals surface area contributed by atoms with Gasteiger partial charge in [-0.1, -0.05) is 0 Å². The summed E-state index contributed by atoms with van der Waals surface area (Å²) in [4.78, 5) is 34.1. The van der Waals surface area contributed by atoms with Gasteiger partial charge in [-0.25, -0.2) is 24.9 Å². The summed E-state index contributed by atoms with van der Waals surface area (Å²) in [5, 5.41) is 3.30. The first-order valence-corrected chi connectivity index (χ1v) is 10.0. The first-order chi connectivity index (χ1) is 16.1. The summed E-state index contributed by atoms with van der Waals surface area (Å²) in [6, 6.07) is 7.11. The number of fused-ring (bicyclic) bond motifs is 1. The van der Waals surface area contributed by atoms with Crippen LogP contribution in [-0.4, -0.2) is 42.9 Å². The highest BCUT2D eigenvalue weighted by molar-refractivity contribution is 5.96. The number of anilines is 2. The van der Waals surface area contributed by atoms with Gasteiger partial charge < -0.3 is 5.73 Å². The Morgan fingerprint density at radius 3 is 2.44 bits per heavy atom. The van der Waals surface area contributed by atoms with Gasteiger partial charge in [-0.15, -0.1) is 0 Å². The van der Waals surface area contributed by atoms with E-state index in [1.54, 1.807) is 32.2 Å². The number of hydrogen-bond acceptors (Lipinski definition) is 8. The van der Waals surface area contributed by atoms with Gasteiger partial charge in [-0.05, 0) is 42.8 Å². The zero-order valence-electron chi connectivity index (χ0n) is 18.2. The highest BCUT2D eigenvalue weighted by atomic mass is 19.4. The Morgan fingerprint density at radius 2 is 1.79 bits per heavy atom. The maximum Gasteiger partial charge on any atom is 0.417 e. The number of amides is 1. The van der Waals surface area contributed by atoms with E-state index in [2.05, 4.69) is 24.9 Å². The number of nitrogen functional groups attached to an aromatic ring is 1. The van der Waals surface area contributed by atoms with E-state index in [0.29, 0.717) is 16.7 Å². The van der Waals surface area contributed by atoms with Crippen molar-refractivity contribution in [1.29, 1.82) is 0 Å². The van der Waals surface area contributed by atoms with E-state index in [4.69, 9.17) is 5.73 Å².